The first kappa shape index (κ1) is 14.2. The third kappa shape index (κ3) is 1.99. The second-order valence-corrected chi connectivity index (χ2v) is 6.39. The van der Waals surface area contributed by atoms with E-state index in [1.54, 1.807) is 12.1 Å². The summed E-state index contributed by atoms with van der Waals surface area (Å²) >= 11 is 5.24. The summed E-state index contributed by atoms with van der Waals surface area (Å²) in [5.74, 6) is -0.516. The number of imide groups is 1. The molecule has 21 heavy (non-hydrogen) atoms. The van der Waals surface area contributed by atoms with Gasteiger partial charge in [0.1, 0.15) is 5.54 Å². The maximum Gasteiger partial charge on any atom is 0.262 e. The molecule has 3 rings (SSSR count). The highest BCUT2D eigenvalue weighted by Gasteiger charge is 2.51. The van der Waals surface area contributed by atoms with Crippen LogP contribution in [0.15, 0.2) is 18.2 Å². The van der Waals surface area contributed by atoms with Gasteiger partial charge in [0.15, 0.2) is 0 Å². The fourth-order valence-electron chi connectivity index (χ4n) is 3.46. The molecule has 1 aliphatic heterocycles. The molecule has 1 heterocycles. The molecule has 1 fully saturated rings. The van der Waals surface area contributed by atoms with Gasteiger partial charge in [-0.1, -0.05) is 43.1 Å². The summed E-state index contributed by atoms with van der Waals surface area (Å²) in [6.07, 6.45) is 4.31. The molecule has 0 saturated heterocycles. The van der Waals surface area contributed by atoms with Gasteiger partial charge in [-0.25, -0.2) is 0 Å². The first-order valence-electron chi connectivity index (χ1n) is 7.27. The number of aryl methyl sites for hydroxylation is 1. The quantitative estimate of drug-likeness (QED) is 0.673. The number of fused-ring (bicyclic) bond motifs is 1. The molecule has 2 amide bonds. The van der Waals surface area contributed by atoms with Crippen LogP contribution < -0.4 is 5.73 Å². The van der Waals surface area contributed by atoms with Gasteiger partial charge in [-0.05, 0) is 31.9 Å². The van der Waals surface area contributed by atoms with Gasteiger partial charge in [0.05, 0.1) is 16.1 Å². The van der Waals surface area contributed by atoms with E-state index in [0.29, 0.717) is 24.0 Å². The van der Waals surface area contributed by atoms with E-state index in [1.807, 2.05) is 13.0 Å². The highest BCUT2D eigenvalue weighted by atomic mass is 32.1. The Labute approximate surface area is 129 Å². The molecule has 4 nitrogen and oxygen atoms in total. The first-order chi connectivity index (χ1) is 9.97. The minimum absolute atomic E-state index is 0.256. The molecular formula is C16H18N2O2S. The molecule has 2 N–H and O–H groups in total. The number of hydrogen-bond acceptors (Lipinski definition) is 3. The van der Waals surface area contributed by atoms with Gasteiger partial charge in [0.25, 0.3) is 11.8 Å². The van der Waals surface area contributed by atoms with E-state index in [2.05, 4.69) is 0 Å². The van der Waals surface area contributed by atoms with E-state index in [1.165, 1.54) is 4.90 Å². The average Bonchev–Trinajstić information content (AvgIpc) is 2.71. The van der Waals surface area contributed by atoms with E-state index in [0.717, 1.165) is 24.8 Å². The molecule has 1 aliphatic carbocycles. The van der Waals surface area contributed by atoms with Crippen LogP contribution in [0.25, 0.3) is 0 Å². The van der Waals surface area contributed by atoms with Crippen molar-refractivity contribution in [1.29, 1.82) is 0 Å². The topological polar surface area (TPSA) is 63.4 Å². The van der Waals surface area contributed by atoms with Crippen LogP contribution in [0, 0.1) is 6.92 Å². The largest absolute Gasteiger partial charge is 0.391 e. The second-order valence-electron chi connectivity index (χ2n) is 5.95. The lowest BCUT2D eigenvalue weighted by Crippen LogP contribution is -2.59. The van der Waals surface area contributed by atoms with E-state index >= 15 is 0 Å². The number of thiocarbonyl (C=S) groups is 1. The van der Waals surface area contributed by atoms with Gasteiger partial charge in [0, 0.05) is 0 Å². The van der Waals surface area contributed by atoms with Crippen molar-refractivity contribution in [3.8, 4) is 0 Å². The van der Waals surface area contributed by atoms with Crippen LogP contribution in [0.2, 0.25) is 0 Å². The summed E-state index contributed by atoms with van der Waals surface area (Å²) in [6.45, 7) is 1.91. The molecule has 0 atom stereocenters. The lowest BCUT2D eigenvalue weighted by molar-refractivity contribution is 0.0470. The van der Waals surface area contributed by atoms with E-state index in [4.69, 9.17) is 18.0 Å². The van der Waals surface area contributed by atoms with Gasteiger partial charge in [-0.3, -0.25) is 14.5 Å². The predicted molar refractivity (Wildman–Crippen MR) is 84.3 cm³/mol. The maximum atomic E-state index is 12.8. The lowest BCUT2D eigenvalue weighted by atomic mass is 9.80. The van der Waals surface area contributed by atoms with Crippen LogP contribution in [-0.4, -0.2) is 27.2 Å². The Hall–Kier alpha value is -1.75. The van der Waals surface area contributed by atoms with E-state index in [9.17, 15) is 9.59 Å². The predicted octanol–water partition coefficient (Wildman–Crippen LogP) is 2.58. The van der Waals surface area contributed by atoms with Crippen molar-refractivity contribution < 1.29 is 9.59 Å². The Bertz CT molecular complexity index is 648. The normalized spacial score (nSPS) is 20.5. The van der Waals surface area contributed by atoms with Gasteiger partial charge < -0.3 is 5.73 Å². The molecule has 1 aromatic rings. The zero-order chi connectivity index (χ0) is 15.2. The van der Waals surface area contributed by atoms with Crippen molar-refractivity contribution in [3.05, 3.63) is 34.9 Å². The zero-order valence-electron chi connectivity index (χ0n) is 12.0. The molecule has 0 aromatic heterocycles. The van der Waals surface area contributed by atoms with Crippen molar-refractivity contribution in [2.75, 3.05) is 0 Å². The number of carbonyl (C=O) groups is 2. The van der Waals surface area contributed by atoms with Crippen molar-refractivity contribution in [1.82, 2.24) is 4.90 Å². The number of nitrogens with two attached hydrogens (primary N) is 1. The number of amides is 2. The highest BCUT2D eigenvalue weighted by molar-refractivity contribution is 7.80. The van der Waals surface area contributed by atoms with Crippen LogP contribution in [0.3, 0.4) is 0 Å². The molecule has 110 valence electrons. The molecule has 5 heteroatoms. The molecule has 0 bridgehead atoms. The summed E-state index contributed by atoms with van der Waals surface area (Å²) in [5.41, 5.74) is 7.07. The molecule has 0 radical (unpaired) electrons. The van der Waals surface area contributed by atoms with Gasteiger partial charge >= 0.3 is 0 Å². The summed E-state index contributed by atoms with van der Waals surface area (Å²) in [5, 5.41) is 0. The minimum Gasteiger partial charge on any atom is -0.391 e. The molecular weight excluding hydrogens is 284 g/mol. The summed E-state index contributed by atoms with van der Waals surface area (Å²) in [6, 6.07) is 5.34. The summed E-state index contributed by atoms with van der Waals surface area (Å²) < 4.78 is 0. The Morgan fingerprint density at radius 1 is 1.14 bits per heavy atom. The van der Waals surface area contributed by atoms with Crippen molar-refractivity contribution in [3.63, 3.8) is 0 Å². The van der Waals surface area contributed by atoms with Crippen molar-refractivity contribution in [2.45, 2.75) is 44.6 Å². The number of benzene rings is 1. The zero-order valence-corrected chi connectivity index (χ0v) is 12.8. The fraction of sp³-hybridized carbons (Fsp3) is 0.438. The van der Waals surface area contributed by atoms with Crippen molar-refractivity contribution >= 4 is 29.0 Å². The lowest BCUT2D eigenvalue weighted by Gasteiger charge is -2.42. The molecule has 1 aromatic carbocycles. The molecule has 2 aliphatic rings. The minimum atomic E-state index is -0.783. The number of hydrogen-bond donors (Lipinski definition) is 1. The van der Waals surface area contributed by atoms with Crippen LogP contribution in [0.5, 0.6) is 0 Å². The smallest absolute Gasteiger partial charge is 0.262 e. The van der Waals surface area contributed by atoms with Gasteiger partial charge in [0.2, 0.25) is 0 Å². The molecule has 0 unspecified atom stereocenters. The fourth-order valence-corrected chi connectivity index (χ4v) is 3.76. The summed E-state index contributed by atoms with van der Waals surface area (Å²) in [4.78, 5) is 27.1. The monoisotopic (exact) mass is 302 g/mol. The standard InChI is InChI=1S/C16H18N2O2S/c1-10-5-6-11-12(9-10)14(20)18(13(11)19)16(15(17)21)7-3-2-4-8-16/h5-6,9H,2-4,7-8H2,1H3,(H2,17,21). The van der Waals surface area contributed by atoms with E-state index < -0.39 is 5.54 Å². The SMILES string of the molecule is Cc1ccc2c(c1)C(=O)N(C1(C(N)=S)CCCCC1)C2=O. The number of nitrogens with zero attached hydrogens (tertiary/aromatic N) is 1. The Morgan fingerprint density at radius 2 is 1.76 bits per heavy atom. The Balaban J connectivity index is 2.09. The number of rotatable bonds is 2. The van der Waals surface area contributed by atoms with Gasteiger partial charge in [-0.15, -0.1) is 0 Å². The van der Waals surface area contributed by atoms with Crippen LogP contribution >= 0.6 is 12.2 Å². The first-order valence-corrected chi connectivity index (χ1v) is 7.68. The average molecular weight is 302 g/mol. The van der Waals surface area contributed by atoms with E-state index in [-0.39, 0.29) is 16.8 Å². The molecule has 0 spiro atoms. The summed E-state index contributed by atoms with van der Waals surface area (Å²) in [7, 11) is 0. The van der Waals surface area contributed by atoms with Crippen LogP contribution in [-0.2, 0) is 0 Å². The second kappa shape index (κ2) is 4.91. The Kier molecular flexibility index (Phi) is 3.32. The highest BCUT2D eigenvalue weighted by Crippen LogP contribution is 2.39. The Morgan fingerprint density at radius 3 is 2.38 bits per heavy atom. The van der Waals surface area contributed by atoms with Gasteiger partial charge in [-0.2, -0.15) is 0 Å². The van der Waals surface area contributed by atoms with Crippen molar-refractivity contribution in [2.24, 2.45) is 5.73 Å². The number of carbonyl (C=O) groups excluding carboxylic acids is 2. The third-order valence-electron chi connectivity index (χ3n) is 4.61. The third-order valence-corrected chi connectivity index (χ3v) is 4.99. The maximum absolute atomic E-state index is 12.8. The van der Waals surface area contributed by atoms with Crippen LogP contribution in [0.1, 0.15) is 58.4 Å². The molecule has 1 saturated carbocycles. The van der Waals surface area contributed by atoms with Crippen LogP contribution in [0.4, 0.5) is 0 Å².